The molecule has 1 aliphatic rings. The zero-order valence-corrected chi connectivity index (χ0v) is 23.4. The molecule has 1 aromatic heterocycles. The summed E-state index contributed by atoms with van der Waals surface area (Å²) >= 11 is 0. The highest BCUT2D eigenvalue weighted by molar-refractivity contribution is 6.03. The number of nitrogens with one attached hydrogen (secondary N) is 1. The molecule has 7 nitrogen and oxygen atoms in total. The summed E-state index contributed by atoms with van der Waals surface area (Å²) in [5.74, 6) is -1.64. The molecular weight excluding hydrogens is 604 g/mol. The average Bonchev–Trinajstić information content (AvgIpc) is 3.00. The molecule has 1 saturated heterocycles. The predicted octanol–water partition coefficient (Wildman–Crippen LogP) is 6.91. The van der Waals surface area contributed by atoms with Crippen molar-refractivity contribution in [2.75, 3.05) is 11.9 Å². The molecular formula is C32H25F6N3O4. The number of amides is 2. The summed E-state index contributed by atoms with van der Waals surface area (Å²) in [6.07, 6.45) is -8.67. The maximum Gasteiger partial charge on any atom is 0.416 e. The average molecular weight is 630 g/mol. The highest BCUT2D eigenvalue weighted by atomic mass is 19.4. The number of halogens is 6. The monoisotopic (exact) mass is 629 g/mol. The number of carbonyl (C=O) groups is 3. The fraction of sp³-hybridized carbons (Fsp3) is 0.250. The SMILES string of the molecule is O=CNc1ccc(C[C@@H]2C[C@@H](OC(=O)c3ccnc4ccccc34)CCN2C(=O)c2cc(C(F)(F)F)cc(C(F)(F)F)c2)cc1. The molecule has 0 bridgehead atoms. The number of hydrogen-bond donors (Lipinski definition) is 1. The third-order valence-electron chi connectivity index (χ3n) is 7.56. The van der Waals surface area contributed by atoms with Crippen molar-refractivity contribution in [1.29, 1.82) is 0 Å². The first-order valence-electron chi connectivity index (χ1n) is 13.8. The molecule has 3 aromatic carbocycles. The third kappa shape index (κ3) is 7.24. The van der Waals surface area contributed by atoms with Gasteiger partial charge in [0.05, 0.1) is 22.2 Å². The topological polar surface area (TPSA) is 88.6 Å². The van der Waals surface area contributed by atoms with Gasteiger partial charge in [0, 0.05) is 48.3 Å². The number of aromatic nitrogens is 1. The van der Waals surface area contributed by atoms with Crippen molar-refractivity contribution >= 4 is 34.9 Å². The molecule has 234 valence electrons. The van der Waals surface area contributed by atoms with Crippen LogP contribution in [0.3, 0.4) is 0 Å². The number of fused-ring (bicyclic) bond motifs is 1. The van der Waals surface area contributed by atoms with Gasteiger partial charge in [0.15, 0.2) is 0 Å². The second kappa shape index (κ2) is 12.6. The van der Waals surface area contributed by atoms with E-state index in [9.17, 15) is 40.7 Å². The molecule has 45 heavy (non-hydrogen) atoms. The lowest BCUT2D eigenvalue weighted by molar-refractivity contribution is -0.143. The molecule has 1 N–H and O–H groups in total. The van der Waals surface area contributed by atoms with E-state index in [4.69, 9.17) is 4.74 Å². The van der Waals surface area contributed by atoms with Gasteiger partial charge in [0.25, 0.3) is 5.91 Å². The van der Waals surface area contributed by atoms with E-state index in [-0.39, 0.29) is 37.4 Å². The number of rotatable bonds is 7. The molecule has 2 heterocycles. The van der Waals surface area contributed by atoms with Gasteiger partial charge in [-0.2, -0.15) is 26.3 Å². The minimum absolute atomic E-state index is 0.0301. The highest BCUT2D eigenvalue weighted by Crippen LogP contribution is 2.37. The standard InChI is InChI=1S/C32H25F6N3O4/c33-31(34,35)21-14-20(15-22(16-21)32(36,37)38)29(43)41-12-10-25(17-24(41)13-19-5-7-23(8-6-19)40-18-42)45-30(44)27-9-11-39-28-4-2-1-3-26(27)28/h1-9,11,14-16,18,24-25H,10,12-13,17H2,(H,40,42)/t24-,25+/m1/s1. The summed E-state index contributed by atoms with van der Waals surface area (Å²) in [7, 11) is 0. The van der Waals surface area contributed by atoms with Crippen LogP contribution in [0, 0.1) is 0 Å². The second-order valence-corrected chi connectivity index (χ2v) is 10.5. The van der Waals surface area contributed by atoms with Crippen molar-refractivity contribution in [3.05, 3.63) is 107 Å². The maximum atomic E-state index is 13.6. The van der Waals surface area contributed by atoms with Gasteiger partial charge in [-0.1, -0.05) is 30.3 Å². The first-order chi connectivity index (χ1) is 21.3. The van der Waals surface area contributed by atoms with Crippen LogP contribution in [0.25, 0.3) is 10.9 Å². The number of nitrogens with zero attached hydrogens (tertiary/aromatic N) is 2. The Morgan fingerprint density at radius 2 is 1.60 bits per heavy atom. The molecule has 13 heteroatoms. The molecule has 0 spiro atoms. The van der Waals surface area contributed by atoms with E-state index in [0.717, 1.165) is 0 Å². The number of alkyl halides is 6. The molecule has 2 amide bonds. The fourth-order valence-corrected chi connectivity index (χ4v) is 5.39. The highest BCUT2D eigenvalue weighted by Gasteiger charge is 2.40. The van der Waals surface area contributed by atoms with Crippen LogP contribution in [-0.2, 0) is 28.3 Å². The first-order valence-corrected chi connectivity index (χ1v) is 13.8. The van der Waals surface area contributed by atoms with Crippen LogP contribution < -0.4 is 5.32 Å². The normalized spacial score (nSPS) is 17.2. The van der Waals surface area contributed by atoms with Gasteiger partial charge >= 0.3 is 18.3 Å². The molecule has 1 aliphatic heterocycles. The van der Waals surface area contributed by atoms with E-state index in [1.807, 2.05) is 0 Å². The Balaban J connectivity index is 1.44. The lowest BCUT2D eigenvalue weighted by Crippen LogP contribution is -2.49. The Morgan fingerprint density at radius 1 is 0.933 bits per heavy atom. The number of anilines is 1. The van der Waals surface area contributed by atoms with Crippen molar-refractivity contribution in [3.8, 4) is 0 Å². The van der Waals surface area contributed by atoms with Crippen molar-refractivity contribution in [3.63, 3.8) is 0 Å². The van der Waals surface area contributed by atoms with E-state index in [1.165, 1.54) is 17.2 Å². The van der Waals surface area contributed by atoms with Crippen LogP contribution in [0.2, 0.25) is 0 Å². The number of hydrogen-bond acceptors (Lipinski definition) is 5. The van der Waals surface area contributed by atoms with Gasteiger partial charge in [-0.05, 0) is 54.4 Å². The van der Waals surface area contributed by atoms with Gasteiger partial charge in [0.1, 0.15) is 6.10 Å². The van der Waals surface area contributed by atoms with E-state index in [2.05, 4.69) is 10.3 Å². The van der Waals surface area contributed by atoms with Crippen LogP contribution >= 0.6 is 0 Å². The summed E-state index contributed by atoms with van der Waals surface area (Å²) in [6, 6.07) is 15.1. The molecule has 5 rings (SSSR count). The number of esters is 1. The summed E-state index contributed by atoms with van der Waals surface area (Å²) in [4.78, 5) is 43.0. The van der Waals surface area contributed by atoms with Gasteiger partial charge in [-0.15, -0.1) is 0 Å². The third-order valence-corrected chi connectivity index (χ3v) is 7.56. The lowest BCUT2D eigenvalue weighted by atomic mass is 9.92. The van der Waals surface area contributed by atoms with Crippen LogP contribution in [0.1, 0.15) is 50.2 Å². The minimum Gasteiger partial charge on any atom is -0.459 e. The number of pyridine rings is 1. The van der Waals surface area contributed by atoms with E-state index >= 15 is 0 Å². The van der Waals surface area contributed by atoms with Crippen LogP contribution in [-0.4, -0.2) is 46.9 Å². The van der Waals surface area contributed by atoms with Gasteiger partial charge in [-0.25, -0.2) is 4.79 Å². The Labute approximate surface area is 252 Å². The zero-order valence-electron chi connectivity index (χ0n) is 23.4. The summed E-state index contributed by atoms with van der Waals surface area (Å²) < 4.78 is 87.0. The Hall–Kier alpha value is -4.94. The maximum absolute atomic E-state index is 13.6. The lowest BCUT2D eigenvalue weighted by Gasteiger charge is -2.39. The Kier molecular flexibility index (Phi) is 8.80. The van der Waals surface area contributed by atoms with Crippen molar-refractivity contribution < 1.29 is 45.5 Å². The van der Waals surface area contributed by atoms with Crippen LogP contribution in [0.5, 0.6) is 0 Å². The van der Waals surface area contributed by atoms with Crippen molar-refractivity contribution in [2.24, 2.45) is 0 Å². The molecule has 0 saturated carbocycles. The molecule has 4 aromatic rings. The number of benzene rings is 3. The fourth-order valence-electron chi connectivity index (χ4n) is 5.39. The molecule has 1 fully saturated rings. The first kappa shape index (κ1) is 31.5. The Bertz CT molecular complexity index is 1690. The molecule has 0 unspecified atom stereocenters. The minimum atomic E-state index is -5.12. The van der Waals surface area contributed by atoms with Gasteiger partial charge in [0.2, 0.25) is 6.41 Å². The summed E-state index contributed by atoms with van der Waals surface area (Å²) in [5, 5.41) is 3.06. The zero-order chi connectivity index (χ0) is 32.4. The molecule has 0 aliphatic carbocycles. The van der Waals surface area contributed by atoms with Crippen LogP contribution in [0.15, 0.2) is 79.0 Å². The smallest absolute Gasteiger partial charge is 0.416 e. The quantitative estimate of drug-likeness (QED) is 0.136. The molecule has 2 atom stereocenters. The van der Waals surface area contributed by atoms with Crippen molar-refractivity contribution in [1.82, 2.24) is 9.88 Å². The number of ether oxygens (including phenoxy) is 1. The second-order valence-electron chi connectivity index (χ2n) is 10.5. The summed E-state index contributed by atoms with van der Waals surface area (Å²) in [5.41, 5.74) is -1.93. The number of para-hydroxylation sites is 1. The summed E-state index contributed by atoms with van der Waals surface area (Å²) in [6.45, 7) is -0.0963. The van der Waals surface area contributed by atoms with Crippen molar-refractivity contribution in [2.45, 2.75) is 43.8 Å². The largest absolute Gasteiger partial charge is 0.459 e. The van der Waals surface area contributed by atoms with Gasteiger partial charge in [-0.3, -0.25) is 14.6 Å². The van der Waals surface area contributed by atoms with E-state index < -0.39 is 53.1 Å². The number of likely N-dealkylation sites (tertiary alicyclic amines) is 1. The van der Waals surface area contributed by atoms with Crippen LogP contribution in [0.4, 0.5) is 32.0 Å². The van der Waals surface area contributed by atoms with E-state index in [1.54, 1.807) is 48.5 Å². The van der Waals surface area contributed by atoms with Gasteiger partial charge < -0.3 is 15.0 Å². The molecule has 0 radical (unpaired) electrons. The predicted molar refractivity (Wildman–Crippen MR) is 151 cm³/mol. The number of piperidine rings is 1. The van der Waals surface area contributed by atoms with E-state index in [0.29, 0.717) is 40.7 Å². The Morgan fingerprint density at radius 3 is 2.24 bits per heavy atom. The number of carbonyl (C=O) groups excluding carboxylic acids is 3.